The summed E-state index contributed by atoms with van der Waals surface area (Å²) < 4.78 is 29.7. The van der Waals surface area contributed by atoms with Crippen LogP contribution < -0.4 is 10.0 Å². The molecule has 6 heteroatoms. The molecule has 0 aliphatic heterocycles. The van der Waals surface area contributed by atoms with Crippen molar-refractivity contribution in [2.24, 2.45) is 0 Å². The lowest BCUT2D eigenvalue weighted by Gasteiger charge is -2.23. The van der Waals surface area contributed by atoms with Gasteiger partial charge in [0.2, 0.25) is 10.0 Å². The number of nitrogens with zero attached hydrogens (tertiary/aromatic N) is 1. The Morgan fingerprint density at radius 1 is 1.29 bits per heavy atom. The van der Waals surface area contributed by atoms with Crippen molar-refractivity contribution >= 4 is 10.0 Å². The molecule has 21 heavy (non-hydrogen) atoms. The average molecular weight is 315 g/mol. The topological polar surface area (TPSA) is 63.1 Å². The van der Waals surface area contributed by atoms with Crippen LogP contribution in [0.5, 0.6) is 0 Å². The van der Waals surface area contributed by atoms with Crippen molar-refractivity contribution in [3.63, 3.8) is 0 Å². The third kappa shape index (κ3) is 5.13. The second-order valence-electron chi connectivity index (χ2n) is 6.33. The maximum absolute atomic E-state index is 12.5. The summed E-state index contributed by atoms with van der Waals surface area (Å²) in [6.07, 6.45) is 2.45. The fourth-order valence-corrected chi connectivity index (χ4v) is 3.47. The molecular formula is C15H29N3O2S. The molecule has 0 saturated carbocycles. The zero-order valence-electron chi connectivity index (χ0n) is 14.0. The van der Waals surface area contributed by atoms with Gasteiger partial charge < -0.3 is 9.88 Å². The lowest BCUT2D eigenvalue weighted by Crippen LogP contribution is -2.42. The van der Waals surface area contributed by atoms with E-state index in [0.717, 1.165) is 18.7 Å². The van der Waals surface area contributed by atoms with Gasteiger partial charge in [0.1, 0.15) is 0 Å². The first-order valence-electron chi connectivity index (χ1n) is 7.57. The quantitative estimate of drug-likeness (QED) is 0.774. The molecule has 0 aliphatic carbocycles. The Hall–Kier alpha value is -0.850. The van der Waals surface area contributed by atoms with Gasteiger partial charge in [0.15, 0.2) is 0 Å². The molecule has 1 rings (SSSR count). The average Bonchev–Trinajstić information content (AvgIpc) is 2.79. The molecule has 0 aliphatic rings. The van der Waals surface area contributed by atoms with Crippen LogP contribution in [0.15, 0.2) is 17.2 Å². The summed E-state index contributed by atoms with van der Waals surface area (Å²) in [6.45, 7) is 13.3. The molecule has 1 heterocycles. The lowest BCUT2D eigenvalue weighted by atomic mass is 10.0. The van der Waals surface area contributed by atoms with Crippen LogP contribution >= 0.6 is 0 Å². The zero-order chi connectivity index (χ0) is 16.3. The molecule has 0 saturated heterocycles. The van der Waals surface area contributed by atoms with Gasteiger partial charge in [-0.1, -0.05) is 20.8 Å². The van der Waals surface area contributed by atoms with Gasteiger partial charge >= 0.3 is 0 Å². The van der Waals surface area contributed by atoms with Crippen molar-refractivity contribution in [1.82, 2.24) is 14.6 Å². The van der Waals surface area contributed by atoms with Crippen molar-refractivity contribution in [2.45, 2.75) is 77.5 Å². The number of sulfonamides is 1. The molecule has 0 spiro atoms. The van der Waals surface area contributed by atoms with E-state index in [0.29, 0.717) is 17.5 Å². The predicted octanol–water partition coefficient (Wildman–Crippen LogP) is 2.47. The summed E-state index contributed by atoms with van der Waals surface area (Å²) in [7, 11) is -3.48. The van der Waals surface area contributed by atoms with E-state index in [1.807, 2.05) is 32.3 Å². The first-order valence-corrected chi connectivity index (χ1v) is 9.06. The fraction of sp³-hybridized carbons (Fsp3) is 0.733. The van der Waals surface area contributed by atoms with Gasteiger partial charge in [-0.15, -0.1) is 0 Å². The Kier molecular flexibility index (Phi) is 6.01. The minimum absolute atomic E-state index is 0.339. The minimum atomic E-state index is -3.48. The molecule has 0 fully saturated rings. The maximum atomic E-state index is 12.5. The summed E-state index contributed by atoms with van der Waals surface area (Å²) in [5.74, 6) is 0. The van der Waals surface area contributed by atoms with Crippen LogP contribution in [0.3, 0.4) is 0 Å². The van der Waals surface area contributed by atoms with E-state index >= 15 is 0 Å². The first kappa shape index (κ1) is 18.2. The number of hydrogen-bond donors (Lipinski definition) is 2. The van der Waals surface area contributed by atoms with Gasteiger partial charge in [0.25, 0.3) is 0 Å². The molecule has 2 N–H and O–H groups in total. The number of aromatic nitrogens is 1. The molecule has 0 unspecified atom stereocenters. The standard InChI is InChI=1S/C15H29N3O2S/c1-7-15(5,6)17-21(19,20)14-9-13(10-16-12(3)4)18(8-2)11-14/h9,11-12,16-17H,7-8,10H2,1-6H3. The van der Waals surface area contributed by atoms with E-state index in [2.05, 4.69) is 23.9 Å². The molecular weight excluding hydrogens is 286 g/mol. The molecule has 0 aromatic carbocycles. The van der Waals surface area contributed by atoms with Gasteiger partial charge in [-0.25, -0.2) is 13.1 Å². The van der Waals surface area contributed by atoms with Gasteiger partial charge in [-0.3, -0.25) is 0 Å². The van der Waals surface area contributed by atoms with Crippen LogP contribution in [-0.2, 0) is 23.1 Å². The van der Waals surface area contributed by atoms with Crippen molar-refractivity contribution < 1.29 is 8.42 Å². The largest absolute Gasteiger partial charge is 0.349 e. The Labute approximate surface area is 129 Å². The molecule has 5 nitrogen and oxygen atoms in total. The molecule has 1 aromatic heterocycles. The van der Waals surface area contributed by atoms with Crippen molar-refractivity contribution in [3.8, 4) is 0 Å². The first-order chi connectivity index (χ1) is 9.61. The number of rotatable bonds is 8. The summed E-state index contributed by atoms with van der Waals surface area (Å²) in [4.78, 5) is 0.339. The third-order valence-corrected chi connectivity index (χ3v) is 5.26. The molecule has 122 valence electrons. The lowest BCUT2D eigenvalue weighted by molar-refractivity contribution is 0.439. The maximum Gasteiger partial charge on any atom is 0.242 e. The molecule has 0 atom stereocenters. The molecule has 0 bridgehead atoms. The van der Waals surface area contributed by atoms with Gasteiger partial charge in [0.05, 0.1) is 4.90 Å². The minimum Gasteiger partial charge on any atom is -0.349 e. The summed E-state index contributed by atoms with van der Waals surface area (Å²) >= 11 is 0. The number of hydrogen-bond acceptors (Lipinski definition) is 3. The van der Waals surface area contributed by atoms with Crippen molar-refractivity contribution in [1.29, 1.82) is 0 Å². The highest BCUT2D eigenvalue weighted by atomic mass is 32.2. The smallest absolute Gasteiger partial charge is 0.242 e. The zero-order valence-corrected chi connectivity index (χ0v) is 14.8. The van der Waals surface area contributed by atoms with E-state index in [4.69, 9.17) is 0 Å². The Balaban J connectivity index is 3.03. The highest BCUT2D eigenvalue weighted by molar-refractivity contribution is 7.89. The van der Waals surface area contributed by atoms with Crippen LogP contribution in [0.4, 0.5) is 0 Å². The van der Waals surface area contributed by atoms with E-state index in [1.165, 1.54) is 0 Å². The Bertz CT molecular complexity index is 559. The van der Waals surface area contributed by atoms with Gasteiger partial charge in [0, 0.05) is 36.6 Å². The summed E-state index contributed by atoms with van der Waals surface area (Å²) in [5, 5.41) is 3.32. The van der Waals surface area contributed by atoms with Crippen LogP contribution in [0.1, 0.15) is 53.7 Å². The highest BCUT2D eigenvalue weighted by Crippen LogP contribution is 2.18. The highest BCUT2D eigenvalue weighted by Gasteiger charge is 2.26. The van der Waals surface area contributed by atoms with E-state index in [-0.39, 0.29) is 0 Å². The number of aryl methyl sites for hydroxylation is 1. The normalized spacial score (nSPS) is 13.1. The monoisotopic (exact) mass is 315 g/mol. The number of nitrogens with one attached hydrogen (secondary N) is 2. The van der Waals surface area contributed by atoms with Crippen LogP contribution in [0, 0.1) is 0 Å². The fourth-order valence-electron chi connectivity index (χ4n) is 1.92. The van der Waals surface area contributed by atoms with Crippen molar-refractivity contribution in [3.05, 3.63) is 18.0 Å². The van der Waals surface area contributed by atoms with E-state index < -0.39 is 15.6 Å². The summed E-state index contributed by atoms with van der Waals surface area (Å²) in [6, 6.07) is 2.12. The Morgan fingerprint density at radius 2 is 1.90 bits per heavy atom. The third-order valence-electron chi connectivity index (χ3n) is 3.60. The SMILES string of the molecule is CCn1cc(S(=O)(=O)NC(C)(C)CC)cc1CNC(C)C. The van der Waals surface area contributed by atoms with E-state index in [1.54, 1.807) is 12.3 Å². The second kappa shape index (κ2) is 6.94. The molecule has 0 radical (unpaired) electrons. The van der Waals surface area contributed by atoms with Crippen molar-refractivity contribution in [2.75, 3.05) is 0 Å². The van der Waals surface area contributed by atoms with E-state index in [9.17, 15) is 8.42 Å². The van der Waals surface area contributed by atoms with Crippen LogP contribution in [-0.4, -0.2) is 24.6 Å². The van der Waals surface area contributed by atoms with Gasteiger partial charge in [-0.05, 0) is 33.3 Å². The predicted molar refractivity (Wildman–Crippen MR) is 86.8 cm³/mol. The van der Waals surface area contributed by atoms with Crippen LogP contribution in [0.2, 0.25) is 0 Å². The molecule has 0 amide bonds. The Morgan fingerprint density at radius 3 is 2.38 bits per heavy atom. The summed E-state index contributed by atoms with van der Waals surface area (Å²) in [5.41, 5.74) is 0.546. The van der Waals surface area contributed by atoms with Gasteiger partial charge in [-0.2, -0.15) is 0 Å². The second-order valence-corrected chi connectivity index (χ2v) is 8.01. The van der Waals surface area contributed by atoms with Crippen LogP contribution in [0.25, 0.3) is 0 Å². The molecule has 1 aromatic rings.